The molecule has 1 fully saturated rings. The van der Waals surface area contributed by atoms with E-state index in [1.54, 1.807) is 0 Å². The average Bonchev–Trinajstić information content (AvgIpc) is 2.47. The Morgan fingerprint density at radius 1 is 1.40 bits per heavy atom. The van der Waals surface area contributed by atoms with Gasteiger partial charge in [-0.05, 0) is 39.7 Å². The number of hydrogen-bond acceptors (Lipinski definition) is 3. The maximum absolute atomic E-state index is 12.5. The van der Waals surface area contributed by atoms with Crippen molar-refractivity contribution < 1.29 is 9.53 Å². The predicted octanol–water partition coefficient (Wildman–Crippen LogP) is 2.92. The molecule has 0 bridgehead atoms. The molecule has 20 heavy (non-hydrogen) atoms. The number of rotatable bonds is 5. The van der Waals surface area contributed by atoms with E-state index in [0.717, 1.165) is 31.7 Å². The summed E-state index contributed by atoms with van der Waals surface area (Å²) in [5.41, 5.74) is 1.98. The highest BCUT2D eigenvalue weighted by molar-refractivity contribution is 5.99. The van der Waals surface area contributed by atoms with Gasteiger partial charge < -0.3 is 4.74 Å². The molecule has 0 amide bonds. The van der Waals surface area contributed by atoms with Gasteiger partial charge >= 0.3 is 0 Å². The van der Waals surface area contributed by atoms with Crippen LogP contribution in [0.1, 0.15) is 35.7 Å². The van der Waals surface area contributed by atoms with Crippen LogP contribution in [0.2, 0.25) is 0 Å². The van der Waals surface area contributed by atoms with Crippen LogP contribution in [0.15, 0.2) is 24.3 Å². The lowest BCUT2D eigenvalue weighted by Gasteiger charge is -2.30. The molecule has 0 spiro atoms. The fraction of sp³-hybridized carbons (Fsp3) is 0.588. The van der Waals surface area contributed by atoms with E-state index in [1.165, 1.54) is 12.0 Å². The first-order valence-corrected chi connectivity index (χ1v) is 7.47. The Hall–Kier alpha value is -1.19. The first-order valence-electron chi connectivity index (χ1n) is 7.47. The Balaban J connectivity index is 1.93. The minimum absolute atomic E-state index is 0.0837. The number of aryl methyl sites for hydroxylation is 1. The molecule has 3 heteroatoms. The summed E-state index contributed by atoms with van der Waals surface area (Å²) in [4.78, 5) is 14.6. The molecule has 0 aromatic heterocycles. The van der Waals surface area contributed by atoms with E-state index in [-0.39, 0.29) is 11.8 Å². The summed E-state index contributed by atoms with van der Waals surface area (Å²) in [6, 6.07) is 7.75. The van der Waals surface area contributed by atoms with Gasteiger partial charge in [-0.3, -0.25) is 9.69 Å². The zero-order valence-electron chi connectivity index (χ0n) is 12.8. The van der Waals surface area contributed by atoms with Crippen molar-refractivity contribution in [1.29, 1.82) is 0 Å². The lowest BCUT2D eigenvalue weighted by atomic mass is 9.99. The minimum atomic E-state index is -0.0837. The van der Waals surface area contributed by atoms with E-state index in [4.69, 9.17) is 4.74 Å². The standard InChI is InChI=1S/C17H25NO2/c1-13-6-8-16(9-7-13)17(19)14(2)18(3)11-15-5-4-10-20-12-15/h6-9,14-15H,4-5,10-12H2,1-3H3. The van der Waals surface area contributed by atoms with Crippen LogP contribution in [0, 0.1) is 12.8 Å². The SMILES string of the molecule is Cc1ccc(C(=O)C(C)N(C)CC2CCCOC2)cc1. The normalized spacial score (nSPS) is 20.9. The number of carbonyl (C=O) groups is 1. The number of likely N-dealkylation sites (N-methyl/N-ethyl adjacent to an activating group) is 1. The number of ketones is 1. The highest BCUT2D eigenvalue weighted by Gasteiger charge is 2.23. The molecule has 0 N–H and O–H groups in total. The molecule has 2 unspecified atom stereocenters. The largest absolute Gasteiger partial charge is 0.381 e. The first kappa shape index (κ1) is 15.2. The molecule has 0 saturated carbocycles. The second kappa shape index (κ2) is 7.00. The molecule has 3 nitrogen and oxygen atoms in total. The van der Waals surface area contributed by atoms with Crippen LogP contribution in [0.25, 0.3) is 0 Å². The summed E-state index contributed by atoms with van der Waals surface area (Å²) in [5, 5.41) is 0. The van der Waals surface area contributed by atoms with Crippen molar-refractivity contribution in [3.8, 4) is 0 Å². The monoisotopic (exact) mass is 275 g/mol. The van der Waals surface area contributed by atoms with Crippen molar-refractivity contribution >= 4 is 5.78 Å². The number of nitrogens with zero attached hydrogens (tertiary/aromatic N) is 1. The zero-order valence-corrected chi connectivity index (χ0v) is 12.8. The van der Waals surface area contributed by atoms with Gasteiger partial charge in [-0.2, -0.15) is 0 Å². The van der Waals surface area contributed by atoms with E-state index in [2.05, 4.69) is 4.90 Å². The lowest BCUT2D eigenvalue weighted by Crippen LogP contribution is -2.40. The molecule has 0 radical (unpaired) electrons. The van der Waals surface area contributed by atoms with Crippen molar-refractivity contribution in [1.82, 2.24) is 4.90 Å². The smallest absolute Gasteiger partial charge is 0.179 e. The van der Waals surface area contributed by atoms with Gasteiger partial charge in [0.1, 0.15) is 0 Å². The van der Waals surface area contributed by atoms with Crippen molar-refractivity contribution in [3.63, 3.8) is 0 Å². The topological polar surface area (TPSA) is 29.5 Å². The van der Waals surface area contributed by atoms with Crippen molar-refractivity contribution in [2.45, 2.75) is 32.7 Å². The molecule has 1 aromatic rings. The molecule has 1 aliphatic rings. The minimum Gasteiger partial charge on any atom is -0.381 e. The van der Waals surface area contributed by atoms with Gasteiger partial charge in [0.05, 0.1) is 12.6 Å². The Morgan fingerprint density at radius 3 is 2.70 bits per heavy atom. The summed E-state index contributed by atoms with van der Waals surface area (Å²) in [6.07, 6.45) is 2.34. The molecule has 0 aliphatic carbocycles. The van der Waals surface area contributed by atoms with Gasteiger partial charge in [-0.15, -0.1) is 0 Å². The summed E-state index contributed by atoms with van der Waals surface area (Å²) >= 11 is 0. The average molecular weight is 275 g/mol. The third kappa shape index (κ3) is 3.90. The van der Waals surface area contributed by atoms with Gasteiger partial charge in [0, 0.05) is 18.7 Å². The number of benzene rings is 1. The summed E-state index contributed by atoms with van der Waals surface area (Å²) in [5.74, 6) is 0.756. The van der Waals surface area contributed by atoms with Gasteiger partial charge in [-0.1, -0.05) is 29.8 Å². The number of hydrogen-bond donors (Lipinski definition) is 0. The van der Waals surface area contributed by atoms with E-state index in [1.807, 2.05) is 45.2 Å². The molecule has 1 aliphatic heterocycles. The van der Waals surface area contributed by atoms with E-state index in [9.17, 15) is 4.79 Å². The molecule has 1 heterocycles. The van der Waals surface area contributed by atoms with E-state index in [0.29, 0.717) is 5.92 Å². The number of ether oxygens (including phenoxy) is 1. The van der Waals surface area contributed by atoms with Gasteiger partial charge in [0.2, 0.25) is 0 Å². The summed E-state index contributed by atoms with van der Waals surface area (Å²) < 4.78 is 5.51. The van der Waals surface area contributed by atoms with E-state index >= 15 is 0 Å². The third-order valence-corrected chi connectivity index (χ3v) is 4.18. The fourth-order valence-corrected chi connectivity index (χ4v) is 2.68. The number of carbonyl (C=O) groups excluding carboxylic acids is 1. The van der Waals surface area contributed by atoms with Gasteiger partial charge in [0.25, 0.3) is 0 Å². The molecule has 1 aromatic carbocycles. The van der Waals surface area contributed by atoms with Crippen LogP contribution < -0.4 is 0 Å². The number of Topliss-reactive ketones (excluding diaryl/α,β-unsaturated/α-hetero) is 1. The predicted molar refractivity (Wildman–Crippen MR) is 81.1 cm³/mol. The Labute approximate surface area is 121 Å². The zero-order chi connectivity index (χ0) is 14.5. The van der Waals surface area contributed by atoms with Crippen LogP contribution in [-0.2, 0) is 4.74 Å². The first-order chi connectivity index (χ1) is 9.58. The van der Waals surface area contributed by atoms with Gasteiger partial charge in [0.15, 0.2) is 5.78 Å². The van der Waals surface area contributed by atoms with Crippen LogP contribution in [0.4, 0.5) is 0 Å². The molecule has 2 atom stereocenters. The second-order valence-electron chi connectivity index (χ2n) is 5.93. The second-order valence-corrected chi connectivity index (χ2v) is 5.93. The molecule has 2 rings (SSSR count). The maximum Gasteiger partial charge on any atom is 0.179 e. The Bertz CT molecular complexity index is 435. The van der Waals surface area contributed by atoms with Crippen LogP contribution in [0.3, 0.4) is 0 Å². The fourth-order valence-electron chi connectivity index (χ4n) is 2.68. The molecule has 110 valence electrons. The third-order valence-electron chi connectivity index (χ3n) is 4.18. The van der Waals surface area contributed by atoms with Crippen molar-refractivity contribution in [2.24, 2.45) is 5.92 Å². The highest BCUT2D eigenvalue weighted by Crippen LogP contribution is 2.17. The van der Waals surface area contributed by atoms with Crippen molar-refractivity contribution in [3.05, 3.63) is 35.4 Å². The quantitative estimate of drug-likeness (QED) is 0.774. The van der Waals surface area contributed by atoms with Gasteiger partial charge in [-0.25, -0.2) is 0 Å². The highest BCUT2D eigenvalue weighted by atomic mass is 16.5. The van der Waals surface area contributed by atoms with Crippen LogP contribution >= 0.6 is 0 Å². The Morgan fingerprint density at radius 2 is 2.10 bits per heavy atom. The summed E-state index contributed by atoms with van der Waals surface area (Å²) in [6.45, 7) is 6.67. The van der Waals surface area contributed by atoms with Crippen LogP contribution in [0.5, 0.6) is 0 Å². The molecular formula is C17H25NO2. The molecule has 1 saturated heterocycles. The van der Waals surface area contributed by atoms with Crippen molar-refractivity contribution in [2.75, 3.05) is 26.8 Å². The van der Waals surface area contributed by atoms with E-state index < -0.39 is 0 Å². The summed E-state index contributed by atoms with van der Waals surface area (Å²) in [7, 11) is 2.03. The molecular weight excluding hydrogens is 250 g/mol. The Kier molecular flexibility index (Phi) is 5.32. The van der Waals surface area contributed by atoms with Crippen LogP contribution in [-0.4, -0.2) is 43.5 Å². The lowest BCUT2D eigenvalue weighted by molar-refractivity contribution is 0.0364. The maximum atomic E-state index is 12.5.